The van der Waals surface area contributed by atoms with Crippen molar-refractivity contribution in [1.29, 1.82) is 5.26 Å². The third-order valence-electron chi connectivity index (χ3n) is 3.47. The van der Waals surface area contributed by atoms with E-state index in [4.69, 9.17) is 10.00 Å². The lowest BCUT2D eigenvalue weighted by molar-refractivity contribution is -0.135. The number of hydrogen-bond acceptors (Lipinski definition) is 5. The summed E-state index contributed by atoms with van der Waals surface area (Å²) in [5.74, 6) is 0.0658. The Kier molecular flexibility index (Phi) is 4.93. The summed E-state index contributed by atoms with van der Waals surface area (Å²) in [6, 6.07) is 1.75. The van der Waals surface area contributed by atoms with Crippen LogP contribution in [0.15, 0.2) is 0 Å². The van der Waals surface area contributed by atoms with Crippen LogP contribution in [-0.4, -0.2) is 74.2 Å². The number of nitriles is 1. The van der Waals surface area contributed by atoms with Crippen LogP contribution in [0.4, 0.5) is 0 Å². The molecule has 0 bridgehead atoms. The van der Waals surface area contributed by atoms with Crippen LogP contribution < -0.4 is 5.32 Å². The Labute approximate surface area is 107 Å². The minimum Gasteiger partial charge on any atom is -0.379 e. The van der Waals surface area contributed by atoms with Gasteiger partial charge in [0.25, 0.3) is 0 Å². The molecule has 0 aliphatic carbocycles. The van der Waals surface area contributed by atoms with Gasteiger partial charge in [-0.25, -0.2) is 0 Å². The maximum atomic E-state index is 12.1. The Hall–Kier alpha value is -1.16. The molecular weight excluding hydrogens is 232 g/mol. The van der Waals surface area contributed by atoms with E-state index in [1.54, 1.807) is 0 Å². The predicted molar refractivity (Wildman–Crippen MR) is 65.9 cm³/mol. The van der Waals surface area contributed by atoms with Crippen molar-refractivity contribution in [2.24, 2.45) is 0 Å². The molecule has 2 aliphatic heterocycles. The van der Waals surface area contributed by atoms with E-state index in [2.05, 4.69) is 16.3 Å². The lowest BCUT2D eigenvalue weighted by atomic mass is 10.1. The van der Waals surface area contributed by atoms with E-state index >= 15 is 0 Å². The average molecular weight is 252 g/mol. The smallest absolute Gasteiger partial charge is 0.240 e. The normalized spacial score (nSPS) is 26.1. The molecule has 1 N–H and O–H groups in total. The second-order valence-corrected chi connectivity index (χ2v) is 4.65. The fraction of sp³-hybridized carbons (Fsp3) is 0.833. The van der Waals surface area contributed by atoms with Crippen molar-refractivity contribution < 1.29 is 9.53 Å². The molecule has 2 fully saturated rings. The maximum Gasteiger partial charge on any atom is 0.240 e. The topological polar surface area (TPSA) is 68.6 Å². The standard InChI is InChI=1S/C12H20N4O2/c13-2-1-11-12(17)16(4-3-14-11)6-5-15-7-9-18-10-8-15/h11,14H,1,3-10H2. The minimum absolute atomic E-state index is 0.0658. The first-order chi connectivity index (χ1) is 8.81. The number of carbonyl (C=O) groups excluding carboxylic acids is 1. The molecule has 2 aliphatic rings. The monoisotopic (exact) mass is 252 g/mol. The SMILES string of the molecule is N#CCC1NCCN(CCN2CCOCC2)C1=O. The Morgan fingerprint density at radius 2 is 2.11 bits per heavy atom. The van der Waals surface area contributed by atoms with Gasteiger partial charge >= 0.3 is 0 Å². The van der Waals surface area contributed by atoms with Crippen LogP contribution in [0.5, 0.6) is 0 Å². The number of nitrogens with one attached hydrogen (secondary N) is 1. The number of nitrogens with zero attached hydrogens (tertiary/aromatic N) is 3. The summed E-state index contributed by atoms with van der Waals surface area (Å²) in [5.41, 5.74) is 0. The average Bonchev–Trinajstić information content (AvgIpc) is 2.41. The molecular formula is C12H20N4O2. The fourth-order valence-corrected chi connectivity index (χ4v) is 2.35. The summed E-state index contributed by atoms with van der Waals surface area (Å²) in [5, 5.41) is 11.8. The highest BCUT2D eigenvalue weighted by Crippen LogP contribution is 2.05. The van der Waals surface area contributed by atoms with Gasteiger partial charge in [0.2, 0.25) is 5.91 Å². The number of carbonyl (C=O) groups is 1. The zero-order chi connectivity index (χ0) is 12.8. The number of piperazine rings is 1. The molecule has 6 nitrogen and oxygen atoms in total. The summed E-state index contributed by atoms with van der Waals surface area (Å²) in [6.45, 7) is 6.63. The second kappa shape index (κ2) is 6.69. The molecule has 2 heterocycles. The first-order valence-electron chi connectivity index (χ1n) is 6.50. The molecule has 0 aromatic rings. The Bertz CT molecular complexity index is 323. The molecule has 2 rings (SSSR count). The molecule has 2 saturated heterocycles. The summed E-state index contributed by atoms with van der Waals surface area (Å²) >= 11 is 0. The minimum atomic E-state index is -0.312. The van der Waals surface area contributed by atoms with Crippen LogP contribution in [0.3, 0.4) is 0 Å². The van der Waals surface area contributed by atoms with Crippen LogP contribution in [0, 0.1) is 11.3 Å². The van der Waals surface area contributed by atoms with Crippen molar-refractivity contribution in [3.63, 3.8) is 0 Å². The first-order valence-corrected chi connectivity index (χ1v) is 6.50. The summed E-state index contributed by atoms with van der Waals surface area (Å²) in [4.78, 5) is 16.2. The van der Waals surface area contributed by atoms with Crippen LogP contribution in [0.2, 0.25) is 0 Å². The molecule has 1 unspecified atom stereocenters. The molecule has 0 spiro atoms. The molecule has 0 aromatic carbocycles. The highest BCUT2D eigenvalue weighted by molar-refractivity contribution is 5.82. The largest absolute Gasteiger partial charge is 0.379 e. The van der Waals surface area contributed by atoms with Gasteiger partial charge in [-0.3, -0.25) is 9.69 Å². The van der Waals surface area contributed by atoms with Crippen LogP contribution >= 0.6 is 0 Å². The Morgan fingerprint density at radius 3 is 2.83 bits per heavy atom. The summed E-state index contributed by atoms with van der Waals surface area (Å²) in [7, 11) is 0. The van der Waals surface area contributed by atoms with E-state index in [-0.39, 0.29) is 18.4 Å². The van der Waals surface area contributed by atoms with E-state index in [1.807, 2.05) is 4.90 Å². The molecule has 18 heavy (non-hydrogen) atoms. The van der Waals surface area contributed by atoms with Gasteiger partial charge in [-0.2, -0.15) is 5.26 Å². The van der Waals surface area contributed by atoms with Gasteiger partial charge in [-0.05, 0) is 0 Å². The lowest BCUT2D eigenvalue weighted by Gasteiger charge is -2.34. The number of morpholine rings is 1. The van der Waals surface area contributed by atoms with Crippen molar-refractivity contribution in [3.05, 3.63) is 0 Å². The number of rotatable bonds is 4. The third kappa shape index (κ3) is 3.42. The van der Waals surface area contributed by atoms with Crippen molar-refractivity contribution in [1.82, 2.24) is 15.1 Å². The van der Waals surface area contributed by atoms with Gasteiger partial charge < -0.3 is 15.0 Å². The number of ether oxygens (including phenoxy) is 1. The molecule has 0 radical (unpaired) electrons. The molecule has 6 heteroatoms. The quantitative estimate of drug-likeness (QED) is 0.697. The van der Waals surface area contributed by atoms with E-state index in [1.165, 1.54) is 0 Å². The molecule has 1 amide bonds. The fourth-order valence-electron chi connectivity index (χ4n) is 2.35. The summed E-state index contributed by atoms with van der Waals surface area (Å²) < 4.78 is 5.29. The Balaban J connectivity index is 1.77. The lowest BCUT2D eigenvalue weighted by Crippen LogP contribution is -2.56. The summed E-state index contributed by atoms with van der Waals surface area (Å²) in [6.07, 6.45) is 0.257. The Morgan fingerprint density at radius 1 is 1.33 bits per heavy atom. The van der Waals surface area contributed by atoms with Gasteiger partial charge in [-0.1, -0.05) is 0 Å². The molecule has 0 aromatic heterocycles. The predicted octanol–water partition coefficient (Wildman–Crippen LogP) is -0.967. The van der Waals surface area contributed by atoms with Crippen LogP contribution in [0.25, 0.3) is 0 Å². The van der Waals surface area contributed by atoms with E-state index < -0.39 is 0 Å². The molecule has 1 atom stereocenters. The maximum absolute atomic E-state index is 12.1. The van der Waals surface area contributed by atoms with Gasteiger partial charge in [-0.15, -0.1) is 0 Å². The van der Waals surface area contributed by atoms with Gasteiger partial charge in [0, 0.05) is 39.3 Å². The highest BCUT2D eigenvalue weighted by Gasteiger charge is 2.28. The van der Waals surface area contributed by atoms with Crippen molar-refractivity contribution in [2.75, 3.05) is 52.5 Å². The first kappa shape index (κ1) is 13.3. The second-order valence-electron chi connectivity index (χ2n) is 4.65. The van der Waals surface area contributed by atoms with Crippen molar-refractivity contribution in [3.8, 4) is 6.07 Å². The van der Waals surface area contributed by atoms with E-state index in [0.717, 1.165) is 52.5 Å². The number of amides is 1. The zero-order valence-electron chi connectivity index (χ0n) is 10.6. The van der Waals surface area contributed by atoms with Crippen LogP contribution in [0.1, 0.15) is 6.42 Å². The molecule has 0 saturated carbocycles. The van der Waals surface area contributed by atoms with Gasteiger partial charge in [0.05, 0.1) is 25.7 Å². The molecule has 100 valence electrons. The van der Waals surface area contributed by atoms with Gasteiger partial charge in [0.15, 0.2) is 0 Å². The number of hydrogen-bond donors (Lipinski definition) is 1. The van der Waals surface area contributed by atoms with Crippen molar-refractivity contribution in [2.45, 2.75) is 12.5 Å². The zero-order valence-corrected chi connectivity index (χ0v) is 10.6. The third-order valence-corrected chi connectivity index (χ3v) is 3.47. The van der Waals surface area contributed by atoms with Gasteiger partial charge in [0.1, 0.15) is 6.04 Å². The van der Waals surface area contributed by atoms with Crippen molar-refractivity contribution >= 4 is 5.91 Å². The van der Waals surface area contributed by atoms with E-state index in [9.17, 15) is 4.79 Å². The highest BCUT2D eigenvalue weighted by atomic mass is 16.5. The van der Waals surface area contributed by atoms with Crippen LogP contribution in [-0.2, 0) is 9.53 Å². The van der Waals surface area contributed by atoms with E-state index in [0.29, 0.717) is 0 Å².